The van der Waals surface area contributed by atoms with Gasteiger partial charge in [0.25, 0.3) is 0 Å². The molecule has 2 bridgehead atoms. The Labute approximate surface area is 180 Å². The Balaban J connectivity index is 1.22. The van der Waals surface area contributed by atoms with E-state index in [0.29, 0.717) is 53.3 Å². The van der Waals surface area contributed by atoms with Crippen LogP contribution < -0.4 is 5.32 Å². The third-order valence-electron chi connectivity index (χ3n) is 7.58. The standard InChI is InChI=1S/C22H24Cl2N2O3/c23-14-5-8-16(24)17(10-14)25-20(27)11-3-6-15(7-4-11)26-21(28)18-12-1-2-13(9-12)19(18)22(26)29/h5,8,10-13,15,18-19H,1-4,6-7,9H2,(H,25,27)/t11?,12-,13-,15?,18+,19+/m0/s1. The van der Waals surface area contributed by atoms with E-state index in [1.807, 2.05) is 0 Å². The summed E-state index contributed by atoms with van der Waals surface area (Å²) in [5.41, 5.74) is 0.513. The van der Waals surface area contributed by atoms with E-state index in [1.165, 1.54) is 0 Å². The summed E-state index contributed by atoms with van der Waals surface area (Å²) in [6.07, 6.45) is 5.94. The van der Waals surface area contributed by atoms with Crippen LogP contribution in [-0.2, 0) is 14.4 Å². The Morgan fingerprint density at radius 3 is 2.17 bits per heavy atom. The first-order valence-electron chi connectivity index (χ1n) is 10.6. The number of imide groups is 1. The number of nitrogens with zero attached hydrogens (tertiary/aromatic N) is 1. The number of anilines is 1. The molecule has 7 heteroatoms. The Morgan fingerprint density at radius 1 is 0.931 bits per heavy atom. The third kappa shape index (κ3) is 3.17. The van der Waals surface area contributed by atoms with Crippen LogP contribution >= 0.6 is 23.2 Å². The second kappa shape index (κ2) is 7.28. The molecule has 3 amide bonds. The van der Waals surface area contributed by atoms with Gasteiger partial charge in [-0.1, -0.05) is 23.2 Å². The Kier molecular flexibility index (Phi) is 4.86. The highest BCUT2D eigenvalue weighted by atomic mass is 35.5. The SMILES string of the molecule is O=C(Nc1cc(Cl)ccc1Cl)C1CCC(N2C(=O)[C@@H]3[C@H]4CC[C@@H](C4)[C@H]3C2=O)CC1. The number of fused-ring (bicyclic) bond motifs is 5. The normalized spacial score (nSPS) is 35.9. The number of amides is 3. The van der Waals surface area contributed by atoms with Gasteiger partial charge in [-0.05, 0) is 75.0 Å². The summed E-state index contributed by atoms with van der Waals surface area (Å²) in [5, 5.41) is 3.83. The molecule has 0 unspecified atom stereocenters. The summed E-state index contributed by atoms with van der Waals surface area (Å²) in [6, 6.07) is 4.92. The predicted molar refractivity (Wildman–Crippen MR) is 111 cm³/mol. The van der Waals surface area contributed by atoms with Crippen molar-refractivity contribution in [3.8, 4) is 0 Å². The summed E-state index contributed by atoms with van der Waals surface area (Å²) in [6.45, 7) is 0. The predicted octanol–water partition coefficient (Wildman–Crippen LogP) is 4.52. The van der Waals surface area contributed by atoms with E-state index in [9.17, 15) is 14.4 Å². The van der Waals surface area contributed by atoms with Crippen LogP contribution in [0.25, 0.3) is 0 Å². The van der Waals surface area contributed by atoms with Crippen molar-refractivity contribution in [2.75, 3.05) is 5.32 Å². The minimum Gasteiger partial charge on any atom is -0.324 e. The van der Waals surface area contributed by atoms with Gasteiger partial charge in [0.2, 0.25) is 17.7 Å². The number of nitrogens with one attached hydrogen (secondary N) is 1. The van der Waals surface area contributed by atoms with Crippen molar-refractivity contribution in [2.45, 2.75) is 51.0 Å². The maximum Gasteiger partial charge on any atom is 0.233 e. The molecule has 154 valence electrons. The fourth-order valence-corrected chi connectivity index (χ4v) is 6.55. The first-order chi connectivity index (χ1) is 13.9. The molecule has 1 N–H and O–H groups in total. The third-order valence-corrected chi connectivity index (χ3v) is 8.15. The van der Waals surface area contributed by atoms with E-state index in [2.05, 4.69) is 5.32 Å². The van der Waals surface area contributed by atoms with E-state index >= 15 is 0 Å². The summed E-state index contributed by atoms with van der Waals surface area (Å²) in [5.74, 6) is 0.592. The molecule has 29 heavy (non-hydrogen) atoms. The van der Waals surface area contributed by atoms with Crippen molar-refractivity contribution in [1.82, 2.24) is 4.90 Å². The molecule has 4 atom stereocenters. The number of halogens is 2. The molecule has 1 saturated heterocycles. The first-order valence-corrected chi connectivity index (χ1v) is 11.3. The lowest BCUT2D eigenvalue weighted by Gasteiger charge is -2.33. The minimum absolute atomic E-state index is 0.0567. The molecule has 0 radical (unpaired) electrons. The molecule has 3 aliphatic carbocycles. The topological polar surface area (TPSA) is 66.5 Å². The number of benzene rings is 1. The molecule has 3 saturated carbocycles. The maximum atomic E-state index is 13.0. The van der Waals surface area contributed by atoms with Crippen LogP contribution in [-0.4, -0.2) is 28.7 Å². The van der Waals surface area contributed by atoms with Crippen molar-refractivity contribution < 1.29 is 14.4 Å². The molecular formula is C22H24Cl2N2O3. The highest BCUT2D eigenvalue weighted by Gasteiger charge is 2.61. The van der Waals surface area contributed by atoms with Crippen LogP contribution in [0.1, 0.15) is 44.9 Å². The molecule has 0 spiro atoms. The number of carbonyl (C=O) groups excluding carboxylic acids is 3. The average molecular weight is 435 g/mol. The van der Waals surface area contributed by atoms with Gasteiger partial charge in [-0.25, -0.2) is 0 Å². The number of carbonyl (C=O) groups is 3. The van der Waals surface area contributed by atoms with Gasteiger partial charge in [0, 0.05) is 17.0 Å². The number of likely N-dealkylation sites (tertiary alicyclic amines) is 1. The van der Waals surface area contributed by atoms with Gasteiger partial charge >= 0.3 is 0 Å². The van der Waals surface area contributed by atoms with Crippen molar-refractivity contribution in [1.29, 1.82) is 0 Å². The molecule has 1 heterocycles. The zero-order valence-electron chi connectivity index (χ0n) is 16.1. The molecule has 4 aliphatic rings. The van der Waals surface area contributed by atoms with Crippen LogP contribution in [0.5, 0.6) is 0 Å². The number of rotatable bonds is 3. The van der Waals surface area contributed by atoms with Gasteiger partial charge in [-0.15, -0.1) is 0 Å². The summed E-state index contributed by atoms with van der Waals surface area (Å²) < 4.78 is 0. The average Bonchev–Trinajstić information content (AvgIpc) is 3.39. The van der Waals surface area contributed by atoms with Gasteiger partial charge in [-0.2, -0.15) is 0 Å². The van der Waals surface area contributed by atoms with Crippen LogP contribution in [0.4, 0.5) is 5.69 Å². The molecule has 1 aromatic rings. The van der Waals surface area contributed by atoms with Crippen LogP contribution in [0.15, 0.2) is 18.2 Å². The lowest BCUT2D eigenvalue weighted by Crippen LogP contribution is -2.44. The fourth-order valence-electron chi connectivity index (χ4n) is 6.22. The second-order valence-corrected chi connectivity index (χ2v) is 9.89. The van der Waals surface area contributed by atoms with E-state index in [1.54, 1.807) is 23.1 Å². The van der Waals surface area contributed by atoms with Crippen LogP contribution in [0, 0.1) is 29.6 Å². The highest BCUT2D eigenvalue weighted by Crippen LogP contribution is 2.56. The lowest BCUT2D eigenvalue weighted by molar-refractivity contribution is -0.144. The molecular weight excluding hydrogens is 411 g/mol. The largest absolute Gasteiger partial charge is 0.324 e. The second-order valence-electron chi connectivity index (χ2n) is 9.05. The van der Waals surface area contributed by atoms with Crippen molar-refractivity contribution in [3.05, 3.63) is 28.2 Å². The van der Waals surface area contributed by atoms with E-state index in [0.717, 1.165) is 19.3 Å². The number of hydrogen-bond donors (Lipinski definition) is 1. The number of hydrogen-bond acceptors (Lipinski definition) is 3. The van der Waals surface area contributed by atoms with E-state index < -0.39 is 0 Å². The van der Waals surface area contributed by atoms with Crippen molar-refractivity contribution in [3.63, 3.8) is 0 Å². The van der Waals surface area contributed by atoms with Gasteiger partial charge in [-0.3, -0.25) is 19.3 Å². The van der Waals surface area contributed by atoms with E-state index in [4.69, 9.17) is 23.2 Å². The first kappa shape index (κ1) is 19.4. The Morgan fingerprint density at radius 2 is 1.55 bits per heavy atom. The highest BCUT2D eigenvalue weighted by molar-refractivity contribution is 6.35. The van der Waals surface area contributed by atoms with Crippen molar-refractivity contribution >= 4 is 46.6 Å². The molecule has 0 aromatic heterocycles. The van der Waals surface area contributed by atoms with Gasteiger partial charge in [0.15, 0.2) is 0 Å². The molecule has 4 fully saturated rings. The zero-order valence-corrected chi connectivity index (χ0v) is 17.6. The van der Waals surface area contributed by atoms with Crippen molar-refractivity contribution in [2.24, 2.45) is 29.6 Å². The lowest BCUT2D eigenvalue weighted by atomic mass is 9.81. The van der Waals surface area contributed by atoms with Gasteiger partial charge in [0.1, 0.15) is 0 Å². The van der Waals surface area contributed by atoms with Gasteiger partial charge in [0.05, 0.1) is 22.5 Å². The fraction of sp³-hybridized carbons (Fsp3) is 0.591. The summed E-state index contributed by atoms with van der Waals surface area (Å²) in [7, 11) is 0. The monoisotopic (exact) mass is 434 g/mol. The molecule has 5 rings (SSSR count). The van der Waals surface area contributed by atoms with Crippen LogP contribution in [0.3, 0.4) is 0 Å². The summed E-state index contributed by atoms with van der Waals surface area (Å²) in [4.78, 5) is 40.3. The smallest absolute Gasteiger partial charge is 0.233 e. The Hall–Kier alpha value is -1.59. The molecule has 1 aromatic carbocycles. The van der Waals surface area contributed by atoms with Crippen LogP contribution in [0.2, 0.25) is 10.0 Å². The Bertz CT molecular complexity index is 853. The quantitative estimate of drug-likeness (QED) is 0.710. The minimum atomic E-state index is -0.148. The molecule has 1 aliphatic heterocycles. The molecule has 5 nitrogen and oxygen atoms in total. The zero-order chi connectivity index (χ0) is 20.3. The van der Waals surface area contributed by atoms with Gasteiger partial charge < -0.3 is 5.32 Å². The summed E-state index contributed by atoms with van der Waals surface area (Å²) >= 11 is 12.1. The maximum absolute atomic E-state index is 13.0. The van der Waals surface area contributed by atoms with E-state index in [-0.39, 0.29) is 41.5 Å².